The number of benzene rings is 1. The van der Waals surface area contributed by atoms with Crippen LogP contribution in [0.15, 0.2) is 41.2 Å². The summed E-state index contributed by atoms with van der Waals surface area (Å²) in [4.78, 5) is 28.7. The lowest BCUT2D eigenvalue weighted by Crippen LogP contribution is -2.36. The third kappa shape index (κ3) is 4.21. The minimum atomic E-state index is -0.398. The monoisotopic (exact) mass is 333 g/mol. The number of hydrogen-bond acceptors (Lipinski definition) is 3. The van der Waals surface area contributed by atoms with Gasteiger partial charge in [0, 0.05) is 17.3 Å². The number of halogens is 1. The maximum atomic E-state index is 12.2. The second-order valence-corrected chi connectivity index (χ2v) is 6.00. The second-order valence-electron chi connectivity index (χ2n) is 5.60. The molecule has 0 spiro atoms. The summed E-state index contributed by atoms with van der Waals surface area (Å²) in [5, 5.41) is 3.45. The van der Waals surface area contributed by atoms with Crippen LogP contribution in [0, 0.1) is 6.92 Å². The Morgan fingerprint density at radius 3 is 2.57 bits per heavy atom. The zero-order chi connectivity index (χ0) is 17.0. The molecule has 5 nitrogen and oxygen atoms in total. The zero-order valence-corrected chi connectivity index (χ0v) is 14.1. The number of nitrogens with one attached hydrogen (secondary N) is 2. The average Bonchev–Trinajstić information content (AvgIpc) is 2.48. The molecule has 0 fully saturated rings. The molecule has 2 aromatic rings. The number of H-pyrrole nitrogens is 1. The first-order valence-electron chi connectivity index (χ1n) is 7.29. The molecule has 23 heavy (non-hydrogen) atoms. The molecule has 1 aromatic carbocycles. The zero-order valence-electron chi connectivity index (χ0n) is 13.4. The fraction of sp³-hybridized carbons (Fsp3) is 0.294. The molecule has 1 aromatic heterocycles. The summed E-state index contributed by atoms with van der Waals surface area (Å²) >= 11 is 6.24. The number of rotatable bonds is 5. The van der Waals surface area contributed by atoms with E-state index in [1.54, 1.807) is 13.0 Å². The lowest BCUT2D eigenvalue weighted by molar-refractivity contribution is 0.0940. The Bertz CT molecular complexity index is 755. The largest absolute Gasteiger partial charge is 0.350 e. The van der Waals surface area contributed by atoms with E-state index in [0.717, 1.165) is 5.56 Å². The van der Waals surface area contributed by atoms with Crippen molar-refractivity contribution in [2.75, 3.05) is 20.6 Å². The summed E-state index contributed by atoms with van der Waals surface area (Å²) in [7, 11) is 3.83. The van der Waals surface area contributed by atoms with Gasteiger partial charge in [0.15, 0.2) is 0 Å². The van der Waals surface area contributed by atoms with Gasteiger partial charge in [-0.15, -0.1) is 0 Å². The van der Waals surface area contributed by atoms with E-state index in [9.17, 15) is 9.59 Å². The van der Waals surface area contributed by atoms with Crippen LogP contribution in [0.1, 0.15) is 27.7 Å². The fourth-order valence-corrected chi connectivity index (χ4v) is 2.61. The Balaban J connectivity index is 2.15. The molecule has 2 N–H and O–H groups in total. The minimum Gasteiger partial charge on any atom is -0.350 e. The lowest BCUT2D eigenvalue weighted by Gasteiger charge is -2.25. The predicted molar refractivity (Wildman–Crippen MR) is 92.0 cm³/mol. The molecule has 0 aliphatic rings. The quantitative estimate of drug-likeness (QED) is 0.883. The first kappa shape index (κ1) is 17.2. The Morgan fingerprint density at radius 1 is 1.26 bits per heavy atom. The smallest absolute Gasteiger partial charge is 0.260 e. The number of aromatic amines is 1. The van der Waals surface area contributed by atoms with E-state index in [1.165, 1.54) is 6.07 Å². The SMILES string of the molecule is Cc1ccc(C(=O)NC[C@@H](c2ccccc2Cl)N(C)C)c(=O)[nH]1. The molecule has 0 aliphatic heterocycles. The molecular weight excluding hydrogens is 314 g/mol. The number of carbonyl (C=O) groups is 1. The summed E-state index contributed by atoms with van der Waals surface area (Å²) in [5.41, 5.74) is 1.36. The van der Waals surface area contributed by atoms with Gasteiger partial charge in [0.25, 0.3) is 11.5 Å². The molecule has 0 bridgehead atoms. The number of nitrogens with zero attached hydrogens (tertiary/aromatic N) is 1. The van der Waals surface area contributed by atoms with Crippen molar-refractivity contribution in [2.45, 2.75) is 13.0 Å². The Hall–Kier alpha value is -2.11. The summed E-state index contributed by atoms with van der Waals surface area (Å²) in [5.74, 6) is -0.398. The Kier molecular flexibility index (Phi) is 5.58. The van der Waals surface area contributed by atoms with Crippen LogP contribution < -0.4 is 10.9 Å². The highest BCUT2D eigenvalue weighted by molar-refractivity contribution is 6.31. The number of likely N-dealkylation sites (N-methyl/N-ethyl adjacent to an activating group) is 1. The minimum absolute atomic E-state index is 0.0859. The summed E-state index contributed by atoms with van der Waals surface area (Å²) in [6, 6.07) is 10.7. The Labute approximate surface area is 140 Å². The first-order valence-corrected chi connectivity index (χ1v) is 7.67. The van der Waals surface area contributed by atoms with Crippen LogP contribution in [-0.2, 0) is 0 Å². The molecule has 0 radical (unpaired) electrons. The number of aromatic nitrogens is 1. The molecule has 0 aliphatic carbocycles. The van der Waals surface area contributed by atoms with Crippen LogP contribution in [0.5, 0.6) is 0 Å². The molecule has 1 amide bonds. The molecule has 122 valence electrons. The summed E-state index contributed by atoms with van der Waals surface area (Å²) in [6.07, 6.45) is 0. The molecule has 6 heteroatoms. The Morgan fingerprint density at radius 2 is 1.96 bits per heavy atom. The number of carbonyl (C=O) groups excluding carboxylic acids is 1. The van der Waals surface area contributed by atoms with Gasteiger partial charge in [-0.3, -0.25) is 9.59 Å². The van der Waals surface area contributed by atoms with Gasteiger partial charge in [-0.05, 0) is 44.8 Å². The molecule has 1 heterocycles. The van der Waals surface area contributed by atoms with Gasteiger partial charge in [-0.1, -0.05) is 29.8 Å². The maximum absolute atomic E-state index is 12.2. The maximum Gasteiger partial charge on any atom is 0.260 e. The van der Waals surface area contributed by atoms with Crippen molar-refractivity contribution in [1.29, 1.82) is 0 Å². The average molecular weight is 334 g/mol. The summed E-state index contributed by atoms with van der Waals surface area (Å²) in [6.45, 7) is 2.12. The third-order valence-electron chi connectivity index (χ3n) is 3.64. The van der Waals surface area contributed by atoms with Gasteiger partial charge in [0.2, 0.25) is 0 Å². The van der Waals surface area contributed by atoms with Gasteiger partial charge in [0.05, 0.1) is 6.04 Å². The topological polar surface area (TPSA) is 65.2 Å². The van der Waals surface area contributed by atoms with E-state index >= 15 is 0 Å². The lowest BCUT2D eigenvalue weighted by atomic mass is 10.1. The number of hydrogen-bond donors (Lipinski definition) is 2. The fourth-order valence-electron chi connectivity index (χ4n) is 2.35. The number of amides is 1. The van der Waals surface area contributed by atoms with Crippen molar-refractivity contribution < 1.29 is 4.79 Å². The van der Waals surface area contributed by atoms with Crippen molar-refractivity contribution in [3.63, 3.8) is 0 Å². The molecule has 1 atom stereocenters. The second kappa shape index (κ2) is 7.44. The van der Waals surface area contributed by atoms with E-state index in [1.807, 2.05) is 43.3 Å². The van der Waals surface area contributed by atoms with E-state index < -0.39 is 5.91 Å². The van der Waals surface area contributed by atoms with Crippen LogP contribution in [0.4, 0.5) is 0 Å². The van der Waals surface area contributed by atoms with E-state index in [4.69, 9.17) is 11.6 Å². The molecule has 0 saturated carbocycles. The normalized spacial score (nSPS) is 12.2. The number of pyridine rings is 1. The van der Waals surface area contributed by atoms with Gasteiger partial charge in [-0.2, -0.15) is 0 Å². The standard InChI is InChI=1S/C17H20ClN3O2/c1-11-8-9-13(17(23)20-11)16(22)19-10-15(21(2)3)12-6-4-5-7-14(12)18/h4-9,15H,10H2,1-3H3,(H,19,22)(H,20,23)/t15-/m0/s1. The van der Waals surface area contributed by atoms with Crippen LogP contribution in [0.25, 0.3) is 0 Å². The van der Waals surface area contributed by atoms with Gasteiger partial charge in [0.1, 0.15) is 5.56 Å². The van der Waals surface area contributed by atoms with Crippen LogP contribution in [0.2, 0.25) is 5.02 Å². The van der Waals surface area contributed by atoms with Crippen molar-refractivity contribution in [1.82, 2.24) is 15.2 Å². The van der Waals surface area contributed by atoms with Crippen molar-refractivity contribution in [3.8, 4) is 0 Å². The van der Waals surface area contributed by atoms with Gasteiger partial charge < -0.3 is 15.2 Å². The van der Waals surface area contributed by atoms with Crippen LogP contribution in [0.3, 0.4) is 0 Å². The van der Waals surface area contributed by atoms with Crippen LogP contribution in [-0.4, -0.2) is 36.4 Å². The molecule has 0 saturated heterocycles. The van der Waals surface area contributed by atoms with E-state index in [0.29, 0.717) is 17.3 Å². The highest BCUT2D eigenvalue weighted by Crippen LogP contribution is 2.25. The van der Waals surface area contributed by atoms with E-state index in [-0.39, 0.29) is 17.2 Å². The van der Waals surface area contributed by atoms with Gasteiger partial charge in [-0.25, -0.2) is 0 Å². The van der Waals surface area contributed by atoms with Crippen molar-refractivity contribution in [3.05, 3.63) is 68.6 Å². The predicted octanol–water partition coefficient (Wildman–Crippen LogP) is 2.37. The highest BCUT2D eigenvalue weighted by Gasteiger charge is 2.19. The highest BCUT2D eigenvalue weighted by atomic mass is 35.5. The van der Waals surface area contributed by atoms with Crippen molar-refractivity contribution in [2.24, 2.45) is 0 Å². The summed E-state index contributed by atoms with van der Waals surface area (Å²) < 4.78 is 0. The van der Waals surface area contributed by atoms with Crippen molar-refractivity contribution >= 4 is 17.5 Å². The van der Waals surface area contributed by atoms with Crippen LogP contribution >= 0.6 is 11.6 Å². The van der Waals surface area contributed by atoms with E-state index in [2.05, 4.69) is 10.3 Å². The molecule has 2 rings (SSSR count). The first-order chi connectivity index (χ1) is 10.9. The van der Waals surface area contributed by atoms with Gasteiger partial charge >= 0.3 is 0 Å². The molecular formula is C17H20ClN3O2. The number of aryl methyl sites for hydroxylation is 1. The molecule has 0 unspecified atom stereocenters. The third-order valence-corrected chi connectivity index (χ3v) is 3.99.